The molecule has 22 heavy (non-hydrogen) atoms. The quantitative estimate of drug-likeness (QED) is 0.812. The van der Waals surface area contributed by atoms with Crippen LogP contribution < -0.4 is 5.32 Å². The van der Waals surface area contributed by atoms with Gasteiger partial charge in [-0.25, -0.2) is 4.79 Å². The average molecular weight is 323 g/mol. The normalized spacial score (nSPS) is 24.5. The molecule has 1 rings (SSSR count). The summed E-state index contributed by atoms with van der Waals surface area (Å²) in [6.45, 7) is 5.27. The summed E-state index contributed by atoms with van der Waals surface area (Å²) in [7, 11) is 1.22. The lowest BCUT2D eigenvalue weighted by Crippen LogP contribution is -2.52. The highest BCUT2D eigenvalue weighted by Crippen LogP contribution is 2.40. The Kier molecular flexibility index (Phi) is 5.87. The number of amides is 1. The lowest BCUT2D eigenvalue weighted by molar-refractivity contribution is -0.186. The van der Waals surface area contributed by atoms with Gasteiger partial charge in [0.2, 0.25) is 5.91 Å². The Balaban J connectivity index is 2.76. The third-order valence-corrected chi connectivity index (χ3v) is 4.10. The van der Waals surface area contributed by atoms with Crippen LogP contribution in [0.1, 0.15) is 46.5 Å². The van der Waals surface area contributed by atoms with Gasteiger partial charge in [0.15, 0.2) is 0 Å². The van der Waals surface area contributed by atoms with Crippen molar-refractivity contribution in [3.63, 3.8) is 0 Å². The highest BCUT2D eigenvalue weighted by atomic mass is 19.4. The summed E-state index contributed by atoms with van der Waals surface area (Å²) in [5.41, 5.74) is -0.582. The second-order valence-electron chi connectivity index (χ2n) is 6.93. The molecule has 0 aliphatic heterocycles. The van der Waals surface area contributed by atoms with Crippen LogP contribution in [-0.4, -0.2) is 31.2 Å². The molecule has 0 spiro atoms. The number of hydrogen-bond donors (Lipinski definition) is 1. The predicted molar refractivity (Wildman–Crippen MR) is 74.9 cm³/mol. The molecule has 128 valence electrons. The summed E-state index contributed by atoms with van der Waals surface area (Å²) in [6, 6.07) is -0.878. The van der Waals surface area contributed by atoms with Gasteiger partial charge in [-0.15, -0.1) is 0 Å². The van der Waals surface area contributed by atoms with Crippen LogP contribution in [0, 0.1) is 17.3 Å². The Hall–Kier alpha value is -1.27. The van der Waals surface area contributed by atoms with Crippen LogP contribution in [0.5, 0.6) is 0 Å². The number of carbonyl (C=O) groups excluding carboxylic acids is 2. The second-order valence-corrected chi connectivity index (χ2v) is 6.93. The van der Waals surface area contributed by atoms with E-state index in [2.05, 4.69) is 10.1 Å². The fourth-order valence-corrected chi connectivity index (χ4v) is 2.73. The van der Waals surface area contributed by atoms with Crippen molar-refractivity contribution in [1.82, 2.24) is 5.32 Å². The van der Waals surface area contributed by atoms with Crippen LogP contribution in [0.15, 0.2) is 0 Å². The molecule has 4 nitrogen and oxygen atoms in total. The minimum absolute atomic E-state index is 0.0625. The van der Waals surface area contributed by atoms with Gasteiger partial charge in [-0.2, -0.15) is 13.2 Å². The lowest BCUT2D eigenvalue weighted by atomic mass is 9.79. The van der Waals surface area contributed by atoms with Crippen LogP contribution in [0.2, 0.25) is 0 Å². The van der Waals surface area contributed by atoms with Crippen LogP contribution in [0.3, 0.4) is 0 Å². The van der Waals surface area contributed by atoms with Gasteiger partial charge in [0.25, 0.3) is 0 Å². The van der Waals surface area contributed by atoms with Crippen LogP contribution >= 0.6 is 0 Å². The molecular formula is C15H24F3NO3. The molecule has 0 aromatic heterocycles. The molecule has 0 aromatic carbocycles. The molecular weight excluding hydrogens is 299 g/mol. The molecule has 7 heteroatoms. The van der Waals surface area contributed by atoms with E-state index in [4.69, 9.17) is 0 Å². The van der Waals surface area contributed by atoms with E-state index in [1.807, 2.05) is 0 Å². The summed E-state index contributed by atoms with van der Waals surface area (Å²) >= 11 is 0. The minimum atomic E-state index is -4.27. The molecule has 1 aliphatic rings. The Morgan fingerprint density at radius 3 is 2.23 bits per heavy atom. The summed E-state index contributed by atoms with van der Waals surface area (Å²) in [6.07, 6.45) is -3.65. The van der Waals surface area contributed by atoms with E-state index in [0.717, 1.165) is 0 Å². The Labute approximate surface area is 128 Å². The van der Waals surface area contributed by atoms with Crippen molar-refractivity contribution in [2.45, 2.75) is 58.7 Å². The monoisotopic (exact) mass is 323 g/mol. The first kappa shape index (κ1) is 18.8. The number of esters is 1. The van der Waals surface area contributed by atoms with E-state index in [0.29, 0.717) is 12.8 Å². The fraction of sp³-hybridized carbons (Fsp3) is 0.867. The maximum Gasteiger partial charge on any atom is 0.391 e. The lowest BCUT2D eigenvalue weighted by Gasteiger charge is -2.33. The van der Waals surface area contributed by atoms with Gasteiger partial charge in [0.05, 0.1) is 13.0 Å². The third-order valence-electron chi connectivity index (χ3n) is 4.10. The number of ether oxygens (including phenoxy) is 1. The number of rotatable bonds is 3. The molecule has 0 bridgehead atoms. The van der Waals surface area contributed by atoms with Crippen molar-refractivity contribution >= 4 is 11.9 Å². The standard InChI is InChI=1S/C15H24F3NO3/c1-14(2,3)11(13(21)22-4)19-12(20)9-6-5-7-10(8-9)15(16,17)18/h9-11H,5-8H2,1-4H3,(H,19,20). The number of hydrogen-bond acceptors (Lipinski definition) is 3. The molecule has 3 atom stereocenters. The first-order valence-corrected chi connectivity index (χ1v) is 7.41. The van der Waals surface area contributed by atoms with Gasteiger partial charge in [-0.05, 0) is 24.7 Å². The number of halogens is 3. The fourth-order valence-electron chi connectivity index (χ4n) is 2.73. The Bertz CT molecular complexity index is 415. The van der Waals surface area contributed by atoms with E-state index in [1.54, 1.807) is 20.8 Å². The van der Waals surface area contributed by atoms with Crippen LogP contribution in [0.4, 0.5) is 13.2 Å². The molecule has 0 saturated heterocycles. The van der Waals surface area contributed by atoms with Crippen molar-refractivity contribution in [3.8, 4) is 0 Å². The number of alkyl halides is 3. The van der Waals surface area contributed by atoms with E-state index in [9.17, 15) is 22.8 Å². The predicted octanol–water partition coefficient (Wildman–Crippen LogP) is 3.06. The van der Waals surface area contributed by atoms with E-state index >= 15 is 0 Å². The number of carbonyl (C=O) groups is 2. The van der Waals surface area contributed by atoms with Gasteiger partial charge in [0.1, 0.15) is 6.04 Å². The maximum absolute atomic E-state index is 12.8. The van der Waals surface area contributed by atoms with Crippen molar-refractivity contribution in [2.75, 3.05) is 7.11 Å². The highest BCUT2D eigenvalue weighted by molar-refractivity contribution is 5.86. The molecule has 1 saturated carbocycles. The molecule has 1 fully saturated rings. The first-order valence-electron chi connectivity index (χ1n) is 7.41. The van der Waals surface area contributed by atoms with E-state index < -0.39 is 41.3 Å². The molecule has 1 aliphatic carbocycles. The molecule has 0 radical (unpaired) electrons. The van der Waals surface area contributed by atoms with Gasteiger partial charge in [-0.1, -0.05) is 27.2 Å². The van der Waals surface area contributed by atoms with Gasteiger partial charge in [0, 0.05) is 5.92 Å². The number of nitrogens with one attached hydrogen (secondary N) is 1. The Morgan fingerprint density at radius 2 is 1.77 bits per heavy atom. The van der Waals surface area contributed by atoms with Crippen LogP contribution in [-0.2, 0) is 14.3 Å². The zero-order valence-corrected chi connectivity index (χ0v) is 13.4. The molecule has 1 N–H and O–H groups in total. The van der Waals surface area contributed by atoms with Crippen molar-refractivity contribution in [1.29, 1.82) is 0 Å². The maximum atomic E-state index is 12.8. The minimum Gasteiger partial charge on any atom is -0.467 e. The molecule has 1 amide bonds. The SMILES string of the molecule is COC(=O)C(NC(=O)C1CCCC(C(F)(F)F)C1)C(C)(C)C. The summed E-state index contributed by atoms with van der Waals surface area (Å²) in [4.78, 5) is 24.0. The molecule has 0 heterocycles. The van der Waals surface area contributed by atoms with Gasteiger partial charge < -0.3 is 10.1 Å². The Morgan fingerprint density at radius 1 is 1.18 bits per heavy atom. The molecule has 3 unspecified atom stereocenters. The van der Waals surface area contributed by atoms with Crippen LogP contribution in [0.25, 0.3) is 0 Å². The van der Waals surface area contributed by atoms with E-state index in [1.165, 1.54) is 7.11 Å². The summed E-state index contributed by atoms with van der Waals surface area (Å²) in [5, 5.41) is 2.57. The smallest absolute Gasteiger partial charge is 0.391 e. The van der Waals surface area contributed by atoms with Crippen molar-refractivity contribution in [2.24, 2.45) is 17.3 Å². The molecule has 0 aromatic rings. The largest absolute Gasteiger partial charge is 0.467 e. The average Bonchev–Trinajstić information content (AvgIpc) is 2.41. The first-order chi connectivity index (χ1) is 9.96. The zero-order valence-electron chi connectivity index (χ0n) is 13.4. The topological polar surface area (TPSA) is 55.4 Å². The van der Waals surface area contributed by atoms with Gasteiger partial charge in [-0.3, -0.25) is 4.79 Å². The van der Waals surface area contributed by atoms with Gasteiger partial charge >= 0.3 is 12.1 Å². The summed E-state index contributed by atoms with van der Waals surface area (Å²) < 4.78 is 43.1. The van der Waals surface area contributed by atoms with Crippen molar-refractivity contribution < 1.29 is 27.5 Å². The summed E-state index contributed by atoms with van der Waals surface area (Å²) in [5.74, 6) is -3.25. The highest BCUT2D eigenvalue weighted by Gasteiger charge is 2.44. The third kappa shape index (κ3) is 4.88. The number of methoxy groups -OCH3 is 1. The zero-order chi connectivity index (χ0) is 17.1. The van der Waals surface area contributed by atoms with E-state index in [-0.39, 0.29) is 12.8 Å². The second kappa shape index (κ2) is 6.87. The van der Waals surface area contributed by atoms with Crippen molar-refractivity contribution in [3.05, 3.63) is 0 Å².